The van der Waals surface area contributed by atoms with Crippen molar-refractivity contribution in [1.29, 1.82) is 0 Å². The van der Waals surface area contributed by atoms with Crippen LogP contribution >= 0.6 is 0 Å². The summed E-state index contributed by atoms with van der Waals surface area (Å²) in [6.07, 6.45) is 0.234. The smallest absolute Gasteiger partial charge is 0.132 e. The molecule has 0 saturated heterocycles. The van der Waals surface area contributed by atoms with Crippen LogP contribution in [-0.2, 0) is 0 Å². The van der Waals surface area contributed by atoms with Gasteiger partial charge in [0.15, 0.2) is 0 Å². The third-order valence-electron chi connectivity index (χ3n) is 1.82. The van der Waals surface area contributed by atoms with Gasteiger partial charge in [-0.15, -0.1) is 0 Å². The van der Waals surface area contributed by atoms with E-state index in [9.17, 15) is 0 Å². The van der Waals surface area contributed by atoms with Crippen molar-refractivity contribution < 1.29 is 15.3 Å². The molecule has 0 saturated carbocycles. The highest BCUT2D eigenvalue weighted by molar-refractivity contribution is 5.07. The third-order valence-corrected chi connectivity index (χ3v) is 1.82. The second-order valence-corrected chi connectivity index (χ2v) is 2.83. The summed E-state index contributed by atoms with van der Waals surface area (Å²) in [5, 5.41) is 27.1. The van der Waals surface area contributed by atoms with Crippen molar-refractivity contribution in [2.45, 2.75) is 25.9 Å². The minimum atomic E-state index is -0.495. The van der Waals surface area contributed by atoms with Gasteiger partial charge in [-0.3, -0.25) is 0 Å². The van der Waals surface area contributed by atoms with E-state index >= 15 is 0 Å². The maximum Gasteiger partial charge on any atom is 0.132 e. The van der Waals surface area contributed by atoms with E-state index in [2.05, 4.69) is 0 Å². The van der Waals surface area contributed by atoms with E-state index in [1.807, 2.05) is 0 Å². The van der Waals surface area contributed by atoms with Gasteiger partial charge in [0.25, 0.3) is 0 Å². The lowest BCUT2D eigenvalue weighted by Gasteiger charge is -2.22. The molecule has 0 spiro atoms. The zero-order valence-corrected chi connectivity index (χ0v) is 5.91. The Bertz CT molecular complexity index is 162. The molecule has 3 N–H and O–H groups in total. The molecular formula is C7H12O3. The van der Waals surface area contributed by atoms with Crippen molar-refractivity contribution in [3.8, 4) is 0 Å². The first kappa shape index (κ1) is 7.41. The topological polar surface area (TPSA) is 60.7 Å². The van der Waals surface area contributed by atoms with E-state index in [-0.39, 0.29) is 23.9 Å². The Morgan fingerprint density at radius 2 is 2.00 bits per heavy atom. The lowest BCUT2D eigenvalue weighted by atomic mass is 9.92. The number of aliphatic hydroxyl groups is 3. The fraction of sp³-hybridized carbons (Fsp3) is 0.714. The molecular weight excluding hydrogens is 132 g/mol. The molecule has 0 aromatic rings. The van der Waals surface area contributed by atoms with Gasteiger partial charge in [-0.2, -0.15) is 0 Å². The number of allylic oxidation sites excluding steroid dienone is 1. The van der Waals surface area contributed by atoms with Crippen molar-refractivity contribution in [2.75, 3.05) is 0 Å². The largest absolute Gasteiger partial charge is 0.509 e. The molecule has 0 bridgehead atoms. The summed E-state index contributed by atoms with van der Waals surface area (Å²) < 4.78 is 0. The molecule has 1 rings (SSSR count). The molecule has 0 amide bonds. The van der Waals surface area contributed by atoms with Gasteiger partial charge in [-0.05, 0) is 6.42 Å². The molecule has 10 heavy (non-hydrogen) atoms. The SMILES string of the molecule is CC1CC(O)CC(O)=C1O. The first-order valence-electron chi connectivity index (χ1n) is 3.40. The summed E-state index contributed by atoms with van der Waals surface area (Å²) in [4.78, 5) is 0. The van der Waals surface area contributed by atoms with Crippen molar-refractivity contribution in [1.82, 2.24) is 0 Å². The highest BCUT2D eigenvalue weighted by Gasteiger charge is 2.24. The predicted molar refractivity (Wildman–Crippen MR) is 36.7 cm³/mol. The fourth-order valence-corrected chi connectivity index (χ4v) is 1.22. The number of rotatable bonds is 0. The predicted octanol–water partition coefficient (Wildman–Crippen LogP) is 1.10. The molecule has 3 heteroatoms. The number of hydrogen-bond donors (Lipinski definition) is 3. The first-order chi connectivity index (χ1) is 4.61. The van der Waals surface area contributed by atoms with Gasteiger partial charge in [-0.1, -0.05) is 6.92 Å². The number of aliphatic hydroxyl groups excluding tert-OH is 3. The van der Waals surface area contributed by atoms with Crippen LogP contribution in [0.5, 0.6) is 0 Å². The van der Waals surface area contributed by atoms with Crippen LogP contribution in [-0.4, -0.2) is 21.4 Å². The minimum Gasteiger partial charge on any atom is -0.509 e. The summed E-state index contributed by atoms with van der Waals surface area (Å²) in [7, 11) is 0. The molecule has 0 heterocycles. The van der Waals surface area contributed by atoms with Gasteiger partial charge in [0.2, 0.25) is 0 Å². The van der Waals surface area contributed by atoms with Crippen LogP contribution in [0, 0.1) is 5.92 Å². The average Bonchev–Trinajstić information content (AvgIpc) is 1.82. The molecule has 2 unspecified atom stereocenters. The molecule has 1 aliphatic rings. The molecule has 58 valence electrons. The van der Waals surface area contributed by atoms with Crippen molar-refractivity contribution in [3.63, 3.8) is 0 Å². The number of hydrogen-bond acceptors (Lipinski definition) is 3. The lowest BCUT2D eigenvalue weighted by molar-refractivity contribution is 0.1000. The van der Waals surface area contributed by atoms with E-state index in [4.69, 9.17) is 15.3 Å². The first-order valence-corrected chi connectivity index (χ1v) is 3.40. The maximum absolute atomic E-state index is 9.08. The summed E-state index contributed by atoms with van der Waals surface area (Å²) in [5.41, 5.74) is 0. The van der Waals surface area contributed by atoms with Crippen molar-refractivity contribution in [3.05, 3.63) is 11.5 Å². The van der Waals surface area contributed by atoms with E-state index in [1.165, 1.54) is 0 Å². The van der Waals surface area contributed by atoms with Crippen LogP contribution in [0.2, 0.25) is 0 Å². The van der Waals surface area contributed by atoms with Crippen LogP contribution in [0.4, 0.5) is 0 Å². The van der Waals surface area contributed by atoms with Crippen LogP contribution < -0.4 is 0 Å². The van der Waals surface area contributed by atoms with Crippen LogP contribution in [0.15, 0.2) is 11.5 Å². The second-order valence-electron chi connectivity index (χ2n) is 2.83. The average molecular weight is 144 g/mol. The molecule has 0 aromatic heterocycles. The lowest BCUT2D eigenvalue weighted by Crippen LogP contribution is -2.21. The summed E-state index contributed by atoms with van der Waals surface area (Å²) in [5.74, 6) is -0.139. The van der Waals surface area contributed by atoms with Gasteiger partial charge in [0, 0.05) is 12.3 Å². The van der Waals surface area contributed by atoms with E-state index < -0.39 is 6.10 Å². The minimum absolute atomic E-state index is 0.0327. The molecule has 1 aliphatic carbocycles. The third kappa shape index (κ3) is 1.24. The van der Waals surface area contributed by atoms with Crippen LogP contribution in [0.1, 0.15) is 19.8 Å². The van der Waals surface area contributed by atoms with Gasteiger partial charge >= 0.3 is 0 Å². The van der Waals surface area contributed by atoms with E-state index in [0.29, 0.717) is 6.42 Å². The molecule has 3 nitrogen and oxygen atoms in total. The Morgan fingerprint density at radius 3 is 2.50 bits per heavy atom. The summed E-state index contributed by atoms with van der Waals surface area (Å²) in [6.45, 7) is 1.77. The Kier molecular flexibility index (Phi) is 1.85. The zero-order valence-electron chi connectivity index (χ0n) is 5.91. The van der Waals surface area contributed by atoms with E-state index in [1.54, 1.807) is 6.92 Å². The highest BCUT2D eigenvalue weighted by atomic mass is 16.3. The Labute approximate surface area is 59.6 Å². The standard InChI is InChI=1S/C7H12O3/c1-4-2-5(8)3-6(9)7(4)10/h4-5,8-10H,2-3H2,1H3. The maximum atomic E-state index is 9.08. The molecule has 0 radical (unpaired) electrons. The quantitative estimate of drug-likeness (QED) is 0.477. The normalized spacial score (nSPS) is 34.6. The van der Waals surface area contributed by atoms with Gasteiger partial charge < -0.3 is 15.3 Å². The van der Waals surface area contributed by atoms with E-state index in [0.717, 1.165) is 0 Å². The zero-order chi connectivity index (χ0) is 7.72. The van der Waals surface area contributed by atoms with Crippen molar-refractivity contribution >= 4 is 0 Å². The van der Waals surface area contributed by atoms with Gasteiger partial charge in [0.05, 0.1) is 6.10 Å². The monoisotopic (exact) mass is 144 g/mol. The molecule has 0 fully saturated rings. The summed E-state index contributed by atoms with van der Waals surface area (Å²) in [6, 6.07) is 0. The fourth-order valence-electron chi connectivity index (χ4n) is 1.22. The molecule has 0 aromatic carbocycles. The highest BCUT2D eigenvalue weighted by Crippen LogP contribution is 2.26. The molecule has 0 aliphatic heterocycles. The second kappa shape index (κ2) is 2.50. The Hall–Kier alpha value is -0.700. The van der Waals surface area contributed by atoms with Gasteiger partial charge in [0.1, 0.15) is 11.5 Å². The van der Waals surface area contributed by atoms with Gasteiger partial charge in [-0.25, -0.2) is 0 Å². The Morgan fingerprint density at radius 1 is 1.40 bits per heavy atom. The van der Waals surface area contributed by atoms with Crippen LogP contribution in [0.3, 0.4) is 0 Å². The Balaban J connectivity index is 2.74. The molecule has 2 atom stereocenters. The van der Waals surface area contributed by atoms with Crippen LogP contribution in [0.25, 0.3) is 0 Å². The van der Waals surface area contributed by atoms with Crippen molar-refractivity contribution in [2.24, 2.45) is 5.92 Å². The summed E-state index contributed by atoms with van der Waals surface area (Å²) >= 11 is 0.